The lowest BCUT2D eigenvalue weighted by Crippen LogP contribution is -2.61. The quantitative estimate of drug-likeness (QED) is 0.153. The van der Waals surface area contributed by atoms with E-state index < -0.39 is 0 Å². The van der Waals surface area contributed by atoms with Gasteiger partial charge in [0.15, 0.2) is 0 Å². The summed E-state index contributed by atoms with van der Waals surface area (Å²) in [6, 6.07) is 91.2. The van der Waals surface area contributed by atoms with E-state index in [1.165, 1.54) is 141 Å². The first-order valence-corrected chi connectivity index (χ1v) is 27.6. The van der Waals surface area contributed by atoms with E-state index in [1.807, 2.05) is 22.7 Å². The van der Waals surface area contributed by atoms with Crippen LogP contribution in [0.15, 0.2) is 243 Å². The van der Waals surface area contributed by atoms with E-state index in [2.05, 4.69) is 273 Å². The second-order valence-corrected chi connectivity index (χ2v) is 23.4. The summed E-state index contributed by atoms with van der Waals surface area (Å²) in [5.41, 5.74) is 22.0. The molecule has 4 heterocycles. The van der Waals surface area contributed by atoms with Gasteiger partial charge in [0.05, 0.1) is 11.4 Å². The standard InChI is InChI=1S/C70H49BN2S2/c1-70(2,3)52-42-61-69-62(43-52)73(60-27-17-29-66-68(60)54-39-49(33-37-64(54)75-66)45-20-10-5-11-21-45)58-35-31-51(47-24-14-7-15-25-47)41-56(58)71(69)55-40-50(46-22-12-6-13-23-46)30-34-57(55)72(61)59-26-16-28-65-67(59)53-38-48(32-36-63(53)74-65)44-18-8-4-9-19-44/h4-43H,1-3H3. The van der Waals surface area contributed by atoms with Crippen LogP contribution in [0.2, 0.25) is 0 Å². The molecular weight excluding hydrogens is 944 g/mol. The normalized spacial score (nSPS) is 12.9. The van der Waals surface area contributed by atoms with Crippen molar-refractivity contribution >= 4 is 120 Å². The number of rotatable bonds is 6. The molecule has 0 saturated carbocycles. The van der Waals surface area contributed by atoms with Gasteiger partial charge >= 0.3 is 0 Å². The van der Waals surface area contributed by atoms with Crippen molar-refractivity contribution in [2.45, 2.75) is 26.2 Å². The van der Waals surface area contributed by atoms with Crippen LogP contribution in [0.25, 0.3) is 84.9 Å². The Balaban J connectivity index is 1.07. The SMILES string of the molecule is CC(C)(C)c1cc2c3c(c1)N(c1cccc4sc5ccc(-c6ccccc6)cc5c14)c1ccc(-c4ccccc4)cc1B3c1cc(-c3ccccc3)ccc1N2c1cccc2sc3ccc(-c4ccccc4)cc3c12. The monoisotopic (exact) mass is 992 g/mol. The van der Waals surface area contributed by atoms with Crippen molar-refractivity contribution in [2.75, 3.05) is 9.80 Å². The van der Waals surface area contributed by atoms with Crippen LogP contribution in [0.4, 0.5) is 34.1 Å². The number of anilines is 6. The molecule has 13 aromatic rings. The number of benzene rings is 11. The Kier molecular flexibility index (Phi) is 10.0. The van der Waals surface area contributed by atoms with Gasteiger partial charge in [-0.25, -0.2) is 0 Å². The lowest BCUT2D eigenvalue weighted by molar-refractivity contribution is 0.590. The van der Waals surface area contributed by atoms with Crippen LogP contribution in [0.1, 0.15) is 26.3 Å². The van der Waals surface area contributed by atoms with Gasteiger partial charge < -0.3 is 9.80 Å². The van der Waals surface area contributed by atoms with E-state index in [0.29, 0.717) is 0 Å². The molecule has 0 atom stereocenters. The van der Waals surface area contributed by atoms with E-state index >= 15 is 0 Å². The molecule has 0 N–H and O–H groups in total. The number of hydrogen-bond donors (Lipinski definition) is 0. The van der Waals surface area contributed by atoms with Gasteiger partial charge in [-0.2, -0.15) is 0 Å². The van der Waals surface area contributed by atoms with E-state index in [1.54, 1.807) is 0 Å². The van der Waals surface area contributed by atoms with Gasteiger partial charge in [0.25, 0.3) is 6.71 Å². The van der Waals surface area contributed by atoms with Gasteiger partial charge in [-0.05, 0) is 145 Å². The number of nitrogens with zero attached hydrogens (tertiary/aromatic N) is 2. The average Bonchev–Trinajstić information content (AvgIpc) is 4.11. The highest BCUT2D eigenvalue weighted by Crippen LogP contribution is 2.52. The Morgan fingerprint density at radius 2 is 0.680 bits per heavy atom. The molecule has 0 aliphatic carbocycles. The van der Waals surface area contributed by atoms with Gasteiger partial charge in [-0.15, -0.1) is 22.7 Å². The van der Waals surface area contributed by atoms with Gasteiger partial charge in [0, 0.05) is 63.1 Å². The predicted molar refractivity (Wildman–Crippen MR) is 327 cm³/mol. The number of fused-ring (bicyclic) bond motifs is 10. The molecule has 2 aliphatic heterocycles. The van der Waals surface area contributed by atoms with Crippen LogP contribution in [0.3, 0.4) is 0 Å². The highest BCUT2D eigenvalue weighted by molar-refractivity contribution is 7.26. The van der Waals surface area contributed by atoms with Crippen LogP contribution >= 0.6 is 22.7 Å². The molecule has 0 saturated heterocycles. The molecule has 0 radical (unpaired) electrons. The van der Waals surface area contributed by atoms with Crippen molar-refractivity contribution in [1.82, 2.24) is 0 Å². The van der Waals surface area contributed by atoms with Gasteiger partial charge in [-0.3, -0.25) is 0 Å². The predicted octanol–water partition coefficient (Wildman–Crippen LogP) is 18.5. The summed E-state index contributed by atoms with van der Waals surface area (Å²) in [4.78, 5) is 5.30. The van der Waals surface area contributed by atoms with Gasteiger partial charge in [0.1, 0.15) is 0 Å². The van der Waals surface area contributed by atoms with Crippen molar-refractivity contribution < 1.29 is 0 Å². The van der Waals surface area contributed by atoms with Crippen LogP contribution < -0.4 is 26.2 Å². The fraction of sp³-hybridized carbons (Fsp3) is 0.0571. The van der Waals surface area contributed by atoms with Crippen LogP contribution in [0, 0.1) is 0 Å². The first-order valence-electron chi connectivity index (χ1n) is 26.0. The van der Waals surface area contributed by atoms with Crippen molar-refractivity contribution in [3.8, 4) is 44.5 Å². The molecule has 354 valence electrons. The summed E-state index contributed by atoms with van der Waals surface area (Å²) >= 11 is 3.78. The largest absolute Gasteiger partial charge is 0.311 e. The van der Waals surface area contributed by atoms with E-state index in [9.17, 15) is 0 Å². The van der Waals surface area contributed by atoms with Crippen molar-refractivity contribution in [3.05, 3.63) is 248 Å². The molecule has 0 spiro atoms. The lowest BCUT2D eigenvalue weighted by atomic mass is 9.33. The molecule has 0 fully saturated rings. The molecule has 2 aliphatic rings. The van der Waals surface area contributed by atoms with E-state index in [-0.39, 0.29) is 12.1 Å². The zero-order valence-corrected chi connectivity index (χ0v) is 43.5. The third kappa shape index (κ3) is 7.06. The molecule has 0 unspecified atom stereocenters. The molecule has 15 rings (SSSR count). The molecule has 2 aromatic heterocycles. The van der Waals surface area contributed by atoms with E-state index in [0.717, 1.165) is 0 Å². The summed E-state index contributed by atoms with van der Waals surface area (Å²) in [6.07, 6.45) is 0. The minimum Gasteiger partial charge on any atom is -0.311 e. The molecule has 11 aromatic carbocycles. The lowest BCUT2D eigenvalue weighted by Gasteiger charge is -2.45. The Bertz CT molecular complexity index is 4130. The van der Waals surface area contributed by atoms with Gasteiger partial charge in [0.2, 0.25) is 0 Å². The maximum Gasteiger partial charge on any atom is 0.252 e. The fourth-order valence-corrected chi connectivity index (χ4v) is 14.4. The van der Waals surface area contributed by atoms with Crippen LogP contribution in [0.5, 0.6) is 0 Å². The molecule has 5 heteroatoms. The summed E-state index contributed by atoms with van der Waals surface area (Å²) in [7, 11) is 0. The topological polar surface area (TPSA) is 6.48 Å². The van der Waals surface area contributed by atoms with Gasteiger partial charge in [-0.1, -0.05) is 191 Å². The third-order valence-electron chi connectivity index (χ3n) is 15.8. The average molecular weight is 993 g/mol. The maximum atomic E-state index is 2.65. The second-order valence-electron chi connectivity index (χ2n) is 21.2. The zero-order valence-electron chi connectivity index (χ0n) is 41.9. The number of hydrogen-bond acceptors (Lipinski definition) is 4. The maximum absolute atomic E-state index is 2.65. The molecular formula is C70H49BN2S2. The van der Waals surface area contributed by atoms with Crippen LogP contribution in [-0.4, -0.2) is 6.71 Å². The van der Waals surface area contributed by atoms with Crippen molar-refractivity contribution in [3.63, 3.8) is 0 Å². The Morgan fingerprint density at radius 1 is 0.307 bits per heavy atom. The van der Waals surface area contributed by atoms with Crippen molar-refractivity contribution in [2.24, 2.45) is 0 Å². The van der Waals surface area contributed by atoms with Crippen molar-refractivity contribution in [1.29, 1.82) is 0 Å². The summed E-state index contributed by atoms with van der Waals surface area (Å²) in [5.74, 6) is 0. The molecule has 0 amide bonds. The first kappa shape index (κ1) is 44.0. The third-order valence-corrected chi connectivity index (χ3v) is 18.1. The summed E-state index contributed by atoms with van der Waals surface area (Å²) in [5, 5.41) is 5.13. The fourth-order valence-electron chi connectivity index (χ4n) is 12.2. The smallest absolute Gasteiger partial charge is 0.252 e. The summed E-state index contributed by atoms with van der Waals surface area (Å²) < 4.78 is 5.14. The zero-order chi connectivity index (χ0) is 49.9. The Morgan fingerprint density at radius 3 is 1.07 bits per heavy atom. The Hall–Kier alpha value is -8.48. The first-order chi connectivity index (χ1) is 36.8. The highest BCUT2D eigenvalue weighted by atomic mass is 32.1. The molecule has 75 heavy (non-hydrogen) atoms. The minimum atomic E-state index is -0.176. The molecule has 2 nitrogen and oxygen atoms in total. The minimum absolute atomic E-state index is 0.0833. The second kappa shape index (κ2) is 17.0. The Labute approximate surface area is 446 Å². The van der Waals surface area contributed by atoms with E-state index in [4.69, 9.17) is 0 Å². The highest BCUT2D eigenvalue weighted by Gasteiger charge is 2.45. The van der Waals surface area contributed by atoms with Crippen LogP contribution in [-0.2, 0) is 5.41 Å². The molecule has 0 bridgehead atoms. The summed E-state index contributed by atoms with van der Waals surface area (Å²) in [6.45, 7) is 7.03. The number of thiophene rings is 2.